The minimum Gasteiger partial charge on any atom is -0.508 e. The van der Waals surface area contributed by atoms with Crippen molar-refractivity contribution in [2.24, 2.45) is 0 Å². The van der Waals surface area contributed by atoms with Gasteiger partial charge in [0.25, 0.3) is 0 Å². The van der Waals surface area contributed by atoms with Gasteiger partial charge in [0, 0.05) is 24.5 Å². The molecular weight excluding hydrogens is 436 g/mol. The number of aromatic nitrogens is 1. The Balaban J connectivity index is 1.22. The number of hydrogen-bond donors (Lipinski definition) is 4. The molecule has 4 rings (SSSR count). The van der Waals surface area contributed by atoms with Gasteiger partial charge >= 0.3 is 0 Å². The zero-order chi connectivity index (χ0) is 23.8. The van der Waals surface area contributed by atoms with Crippen molar-refractivity contribution in [2.45, 2.75) is 31.8 Å². The van der Waals surface area contributed by atoms with Crippen LogP contribution in [0.2, 0.25) is 0 Å². The summed E-state index contributed by atoms with van der Waals surface area (Å²) >= 11 is 0. The van der Waals surface area contributed by atoms with Gasteiger partial charge in [-0.1, -0.05) is 18.2 Å². The number of aromatic hydroxyl groups is 1. The molecule has 34 heavy (non-hydrogen) atoms. The molecule has 180 valence electrons. The van der Waals surface area contributed by atoms with Crippen LogP contribution < -0.4 is 14.8 Å². The monoisotopic (exact) mass is 466 g/mol. The first-order valence-corrected chi connectivity index (χ1v) is 11.3. The number of hydrogen-bond acceptors (Lipinski definition) is 8. The lowest BCUT2D eigenvalue weighted by atomic mass is 10.1. The molecule has 1 aromatic heterocycles. The molecule has 8 heteroatoms. The standard InChI is InChI=1S/C26H30N2O6/c29-14-21-11-20(4-5-23(21)30)24(31)13-28-9-7-18-3-6-25-26(10-18)34-22(17-33-25)16-32-15-19-2-1-8-27-12-19/h1-6,8,10-12,22,24,28-31H,7,9,13-17H2. The number of aliphatic hydroxyl groups is 2. The highest BCUT2D eigenvalue weighted by molar-refractivity contribution is 5.44. The molecule has 0 aliphatic carbocycles. The van der Waals surface area contributed by atoms with Crippen LogP contribution in [0.5, 0.6) is 17.2 Å². The molecule has 0 radical (unpaired) electrons. The molecule has 1 aliphatic heterocycles. The Hall–Kier alpha value is -3.17. The molecule has 3 aromatic rings. The van der Waals surface area contributed by atoms with Crippen LogP contribution >= 0.6 is 0 Å². The van der Waals surface area contributed by atoms with E-state index in [1.54, 1.807) is 24.5 Å². The molecule has 0 bridgehead atoms. The number of pyridine rings is 1. The molecule has 0 saturated carbocycles. The number of benzene rings is 2. The summed E-state index contributed by atoms with van der Waals surface area (Å²) in [6.07, 6.45) is 3.35. The van der Waals surface area contributed by atoms with Gasteiger partial charge in [-0.3, -0.25) is 4.98 Å². The van der Waals surface area contributed by atoms with E-state index in [2.05, 4.69) is 10.3 Å². The van der Waals surface area contributed by atoms with Crippen molar-refractivity contribution in [3.05, 3.63) is 83.2 Å². The third kappa shape index (κ3) is 6.45. The molecule has 0 fully saturated rings. The van der Waals surface area contributed by atoms with Crippen molar-refractivity contribution < 1.29 is 29.5 Å². The summed E-state index contributed by atoms with van der Waals surface area (Å²) in [5.41, 5.74) is 3.14. The Morgan fingerprint density at radius 2 is 2.03 bits per heavy atom. The Morgan fingerprint density at radius 3 is 2.85 bits per heavy atom. The van der Waals surface area contributed by atoms with Crippen LogP contribution in [0.1, 0.15) is 28.4 Å². The van der Waals surface area contributed by atoms with Gasteiger partial charge in [-0.05, 0) is 60.0 Å². The van der Waals surface area contributed by atoms with Crippen LogP contribution in [-0.4, -0.2) is 52.7 Å². The lowest BCUT2D eigenvalue weighted by molar-refractivity contribution is 0.00260. The van der Waals surface area contributed by atoms with Crippen molar-refractivity contribution >= 4 is 0 Å². The van der Waals surface area contributed by atoms with E-state index in [0.29, 0.717) is 49.8 Å². The maximum absolute atomic E-state index is 10.4. The summed E-state index contributed by atoms with van der Waals surface area (Å²) < 4.78 is 17.7. The minimum absolute atomic E-state index is 0.0207. The van der Waals surface area contributed by atoms with Crippen molar-refractivity contribution in [2.75, 3.05) is 26.3 Å². The Labute approximate surface area is 198 Å². The predicted octanol–water partition coefficient (Wildman–Crippen LogP) is 2.50. The first kappa shape index (κ1) is 24.0. The van der Waals surface area contributed by atoms with Gasteiger partial charge in [-0.15, -0.1) is 0 Å². The van der Waals surface area contributed by atoms with Crippen molar-refractivity contribution in [3.63, 3.8) is 0 Å². The molecule has 2 aromatic carbocycles. The molecule has 1 aliphatic rings. The van der Waals surface area contributed by atoms with E-state index in [-0.39, 0.29) is 18.5 Å². The zero-order valence-electron chi connectivity index (χ0n) is 18.9. The Morgan fingerprint density at radius 1 is 1.12 bits per heavy atom. The smallest absolute Gasteiger partial charge is 0.162 e. The Kier molecular flexibility index (Phi) is 8.32. The van der Waals surface area contributed by atoms with Gasteiger partial charge in [0.2, 0.25) is 0 Å². The van der Waals surface area contributed by atoms with E-state index in [1.807, 2.05) is 30.3 Å². The number of ether oxygens (including phenoxy) is 3. The number of nitrogens with one attached hydrogen (secondary N) is 1. The molecule has 2 atom stereocenters. The van der Waals surface area contributed by atoms with Gasteiger partial charge in [-0.25, -0.2) is 0 Å². The third-order valence-electron chi connectivity index (χ3n) is 5.61. The fraction of sp³-hybridized carbons (Fsp3) is 0.346. The van der Waals surface area contributed by atoms with E-state index < -0.39 is 6.10 Å². The average molecular weight is 467 g/mol. The number of rotatable bonds is 11. The molecule has 2 heterocycles. The van der Waals surface area contributed by atoms with Crippen LogP contribution in [0, 0.1) is 0 Å². The normalized spacial score (nSPS) is 15.8. The van der Waals surface area contributed by atoms with Crippen LogP contribution in [-0.2, 0) is 24.4 Å². The topological polar surface area (TPSA) is 113 Å². The van der Waals surface area contributed by atoms with E-state index in [0.717, 1.165) is 23.3 Å². The van der Waals surface area contributed by atoms with Crippen molar-refractivity contribution in [1.29, 1.82) is 0 Å². The lowest BCUT2D eigenvalue weighted by Gasteiger charge is -2.27. The largest absolute Gasteiger partial charge is 0.508 e. The summed E-state index contributed by atoms with van der Waals surface area (Å²) in [5, 5.41) is 32.6. The molecule has 8 nitrogen and oxygen atoms in total. The average Bonchev–Trinajstić information content (AvgIpc) is 2.87. The van der Waals surface area contributed by atoms with E-state index in [9.17, 15) is 15.3 Å². The molecule has 4 N–H and O–H groups in total. The fourth-order valence-electron chi connectivity index (χ4n) is 3.72. The summed E-state index contributed by atoms with van der Waals surface area (Å²) in [6.45, 7) is 2.09. The molecule has 2 unspecified atom stereocenters. The zero-order valence-corrected chi connectivity index (χ0v) is 18.9. The number of fused-ring (bicyclic) bond motifs is 1. The molecular formula is C26H30N2O6. The van der Waals surface area contributed by atoms with Crippen molar-refractivity contribution in [3.8, 4) is 17.2 Å². The molecule has 0 amide bonds. The second kappa shape index (κ2) is 11.8. The van der Waals surface area contributed by atoms with Gasteiger partial charge in [-0.2, -0.15) is 0 Å². The minimum atomic E-state index is -0.737. The fourth-order valence-corrected chi connectivity index (χ4v) is 3.72. The quantitative estimate of drug-likeness (QED) is 0.319. The van der Waals surface area contributed by atoms with Gasteiger partial charge in [0.15, 0.2) is 17.6 Å². The number of aliphatic hydroxyl groups excluding tert-OH is 2. The van der Waals surface area contributed by atoms with Crippen LogP contribution in [0.3, 0.4) is 0 Å². The first-order valence-electron chi connectivity index (χ1n) is 11.3. The summed E-state index contributed by atoms with van der Waals surface area (Å²) in [7, 11) is 0. The Bertz CT molecular complexity index is 1060. The highest BCUT2D eigenvalue weighted by Gasteiger charge is 2.21. The molecule has 0 saturated heterocycles. The van der Waals surface area contributed by atoms with Crippen LogP contribution in [0.4, 0.5) is 0 Å². The molecule has 0 spiro atoms. The van der Waals surface area contributed by atoms with Gasteiger partial charge in [0.05, 0.1) is 25.9 Å². The predicted molar refractivity (Wildman–Crippen MR) is 126 cm³/mol. The maximum atomic E-state index is 10.4. The van der Waals surface area contributed by atoms with E-state index in [4.69, 9.17) is 14.2 Å². The van der Waals surface area contributed by atoms with Gasteiger partial charge < -0.3 is 34.8 Å². The van der Waals surface area contributed by atoms with Crippen molar-refractivity contribution in [1.82, 2.24) is 10.3 Å². The highest BCUT2D eigenvalue weighted by Crippen LogP contribution is 2.33. The van der Waals surface area contributed by atoms with E-state index >= 15 is 0 Å². The number of nitrogens with zero attached hydrogens (tertiary/aromatic N) is 1. The van der Waals surface area contributed by atoms with Gasteiger partial charge in [0.1, 0.15) is 12.4 Å². The van der Waals surface area contributed by atoms with Crippen LogP contribution in [0.15, 0.2) is 60.9 Å². The SMILES string of the molecule is OCc1cc(C(O)CNCCc2ccc3c(c2)OC(COCc2cccnc2)CO3)ccc1O. The first-order chi connectivity index (χ1) is 16.6. The maximum Gasteiger partial charge on any atom is 0.162 e. The summed E-state index contributed by atoms with van der Waals surface area (Å²) in [4.78, 5) is 4.08. The number of phenols is 1. The van der Waals surface area contributed by atoms with E-state index in [1.165, 1.54) is 6.07 Å². The second-order valence-corrected chi connectivity index (χ2v) is 8.22. The second-order valence-electron chi connectivity index (χ2n) is 8.22. The highest BCUT2D eigenvalue weighted by atomic mass is 16.6. The summed E-state index contributed by atoms with van der Waals surface area (Å²) in [6, 6.07) is 14.5. The van der Waals surface area contributed by atoms with Crippen LogP contribution in [0.25, 0.3) is 0 Å². The summed E-state index contributed by atoms with van der Waals surface area (Å²) in [5.74, 6) is 1.45. The third-order valence-corrected chi connectivity index (χ3v) is 5.61. The lowest BCUT2D eigenvalue weighted by Crippen LogP contribution is -2.33.